The summed E-state index contributed by atoms with van der Waals surface area (Å²) in [6.45, 7) is 3.20. The number of hydrogen-bond acceptors (Lipinski definition) is 0. The fourth-order valence-corrected chi connectivity index (χ4v) is 0.694. The summed E-state index contributed by atoms with van der Waals surface area (Å²) in [5, 5.41) is 0. The monoisotopic (exact) mass is 148 g/mol. The highest BCUT2D eigenvalue weighted by molar-refractivity contribution is 4.85. The Bertz CT molecular complexity index is 97.4. The van der Waals surface area contributed by atoms with Gasteiger partial charge >= 0.3 is 0 Å². The fourth-order valence-electron chi connectivity index (χ4n) is 0.694. The van der Waals surface area contributed by atoms with E-state index in [2.05, 4.69) is 0 Å². The lowest BCUT2D eigenvalue weighted by molar-refractivity contribution is 0.290. The standard InChI is InChI=1S/C8H14F2/c1-3-4-8(10)6-5-7(2)9/h3-4,7-8H,5-6H2,1-2H3/b4-3-/t7-,8?/m1/s1. The minimum atomic E-state index is -0.969. The molecule has 0 aromatic heterocycles. The summed E-state index contributed by atoms with van der Waals surface area (Å²) in [5.41, 5.74) is 0. The number of rotatable bonds is 4. The Balaban J connectivity index is 3.30. The summed E-state index contributed by atoms with van der Waals surface area (Å²) in [6.07, 6.45) is 1.84. The topological polar surface area (TPSA) is 0 Å². The molecule has 0 aliphatic heterocycles. The Hall–Kier alpha value is -0.400. The predicted molar refractivity (Wildman–Crippen MR) is 39.5 cm³/mol. The van der Waals surface area contributed by atoms with Crippen molar-refractivity contribution in [2.24, 2.45) is 0 Å². The third-order valence-electron chi connectivity index (χ3n) is 1.24. The van der Waals surface area contributed by atoms with E-state index in [0.717, 1.165) is 0 Å². The minimum absolute atomic E-state index is 0.294. The van der Waals surface area contributed by atoms with E-state index in [-0.39, 0.29) is 0 Å². The van der Waals surface area contributed by atoms with Crippen LogP contribution in [0.25, 0.3) is 0 Å². The average Bonchev–Trinajstić information content (AvgIpc) is 1.85. The lowest BCUT2D eigenvalue weighted by Gasteiger charge is -2.02. The van der Waals surface area contributed by atoms with Crippen LogP contribution in [0.3, 0.4) is 0 Å². The van der Waals surface area contributed by atoms with Gasteiger partial charge in [0, 0.05) is 0 Å². The third kappa shape index (κ3) is 5.73. The molecule has 0 radical (unpaired) electrons. The maximum Gasteiger partial charge on any atom is 0.118 e. The van der Waals surface area contributed by atoms with Crippen LogP contribution in [-0.2, 0) is 0 Å². The van der Waals surface area contributed by atoms with Crippen LogP contribution in [0.4, 0.5) is 8.78 Å². The quantitative estimate of drug-likeness (QED) is 0.537. The first-order valence-electron chi connectivity index (χ1n) is 3.57. The van der Waals surface area contributed by atoms with Crippen molar-refractivity contribution in [1.82, 2.24) is 0 Å². The van der Waals surface area contributed by atoms with Gasteiger partial charge in [-0.25, -0.2) is 8.78 Å². The fraction of sp³-hybridized carbons (Fsp3) is 0.750. The predicted octanol–water partition coefficient (Wildman–Crippen LogP) is 3.04. The minimum Gasteiger partial charge on any atom is -0.248 e. The maximum absolute atomic E-state index is 12.5. The second-order valence-electron chi connectivity index (χ2n) is 2.40. The van der Waals surface area contributed by atoms with E-state index in [1.54, 1.807) is 13.0 Å². The van der Waals surface area contributed by atoms with Gasteiger partial charge < -0.3 is 0 Å². The van der Waals surface area contributed by atoms with E-state index in [1.807, 2.05) is 0 Å². The Kier molecular flexibility index (Phi) is 5.17. The first-order chi connectivity index (χ1) is 4.66. The zero-order valence-corrected chi connectivity index (χ0v) is 6.48. The summed E-state index contributed by atoms with van der Waals surface area (Å²) in [6, 6.07) is 0. The smallest absolute Gasteiger partial charge is 0.118 e. The van der Waals surface area contributed by atoms with Gasteiger partial charge in [-0.2, -0.15) is 0 Å². The SMILES string of the molecule is C/C=C\C(F)CC[C@@H](C)F. The van der Waals surface area contributed by atoms with Gasteiger partial charge in [0.25, 0.3) is 0 Å². The molecule has 0 rings (SSSR count). The molecule has 0 heterocycles. The van der Waals surface area contributed by atoms with Crippen molar-refractivity contribution in [3.05, 3.63) is 12.2 Å². The molecular weight excluding hydrogens is 134 g/mol. The maximum atomic E-state index is 12.5. The molecule has 0 spiro atoms. The summed E-state index contributed by atoms with van der Waals surface area (Å²) in [5.74, 6) is 0. The molecule has 2 atom stereocenters. The molecule has 10 heavy (non-hydrogen) atoms. The Labute approximate surface area is 60.9 Å². The van der Waals surface area contributed by atoms with Gasteiger partial charge in [-0.3, -0.25) is 0 Å². The van der Waals surface area contributed by atoms with Crippen molar-refractivity contribution >= 4 is 0 Å². The lowest BCUT2D eigenvalue weighted by Crippen LogP contribution is -2.00. The molecule has 0 fully saturated rings. The van der Waals surface area contributed by atoms with Crippen LogP contribution in [0.15, 0.2) is 12.2 Å². The Morgan fingerprint density at radius 3 is 2.30 bits per heavy atom. The molecule has 0 N–H and O–H groups in total. The lowest BCUT2D eigenvalue weighted by atomic mass is 10.1. The molecule has 0 aromatic carbocycles. The van der Waals surface area contributed by atoms with Crippen molar-refractivity contribution in [2.45, 2.75) is 39.0 Å². The van der Waals surface area contributed by atoms with Crippen molar-refractivity contribution in [3.63, 3.8) is 0 Å². The average molecular weight is 148 g/mol. The zero-order chi connectivity index (χ0) is 7.98. The summed E-state index contributed by atoms with van der Waals surface area (Å²) in [4.78, 5) is 0. The van der Waals surface area contributed by atoms with Crippen molar-refractivity contribution in [3.8, 4) is 0 Å². The second kappa shape index (κ2) is 5.39. The highest BCUT2D eigenvalue weighted by Gasteiger charge is 2.03. The van der Waals surface area contributed by atoms with E-state index >= 15 is 0 Å². The second-order valence-corrected chi connectivity index (χ2v) is 2.40. The molecule has 2 heteroatoms. The molecule has 0 bridgehead atoms. The van der Waals surface area contributed by atoms with Gasteiger partial charge in [0.2, 0.25) is 0 Å². The van der Waals surface area contributed by atoms with Crippen LogP contribution >= 0.6 is 0 Å². The summed E-state index contributed by atoms with van der Waals surface area (Å²) < 4.78 is 24.6. The number of alkyl halides is 2. The molecule has 0 amide bonds. The van der Waals surface area contributed by atoms with Gasteiger partial charge in [-0.05, 0) is 26.7 Å². The van der Waals surface area contributed by atoms with E-state index in [9.17, 15) is 8.78 Å². The van der Waals surface area contributed by atoms with Gasteiger partial charge in [0.15, 0.2) is 0 Å². The van der Waals surface area contributed by atoms with E-state index in [0.29, 0.717) is 12.8 Å². The normalized spacial score (nSPS) is 17.6. The van der Waals surface area contributed by atoms with Crippen LogP contribution in [-0.4, -0.2) is 12.3 Å². The molecule has 60 valence electrons. The number of halogens is 2. The van der Waals surface area contributed by atoms with Crippen molar-refractivity contribution in [2.75, 3.05) is 0 Å². The molecule has 0 aliphatic carbocycles. The van der Waals surface area contributed by atoms with E-state index < -0.39 is 12.3 Å². The van der Waals surface area contributed by atoms with Crippen LogP contribution < -0.4 is 0 Å². The molecule has 0 aliphatic rings. The molecule has 0 nitrogen and oxygen atoms in total. The Morgan fingerprint density at radius 1 is 1.30 bits per heavy atom. The third-order valence-corrected chi connectivity index (χ3v) is 1.24. The van der Waals surface area contributed by atoms with Crippen LogP contribution in [0.5, 0.6) is 0 Å². The molecule has 0 saturated carbocycles. The van der Waals surface area contributed by atoms with Gasteiger partial charge in [0.05, 0.1) is 6.17 Å². The Morgan fingerprint density at radius 2 is 1.90 bits per heavy atom. The van der Waals surface area contributed by atoms with E-state index in [4.69, 9.17) is 0 Å². The highest BCUT2D eigenvalue weighted by Crippen LogP contribution is 2.07. The number of hydrogen-bond donors (Lipinski definition) is 0. The van der Waals surface area contributed by atoms with Crippen LogP contribution in [0.1, 0.15) is 26.7 Å². The van der Waals surface area contributed by atoms with Gasteiger partial charge in [-0.1, -0.05) is 12.2 Å². The number of allylic oxidation sites excluding steroid dienone is 2. The van der Waals surface area contributed by atoms with Crippen molar-refractivity contribution in [1.29, 1.82) is 0 Å². The van der Waals surface area contributed by atoms with Crippen molar-refractivity contribution < 1.29 is 8.78 Å². The van der Waals surface area contributed by atoms with Crippen LogP contribution in [0, 0.1) is 0 Å². The molecular formula is C8H14F2. The van der Waals surface area contributed by atoms with Gasteiger partial charge in [0.1, 0.15) is 6.17 Å². The molecule has 0 aromatic rings. The highest BCUT2D eigenvalue weighted by atomic mass is 19.1. The zero-order valence-electron chi connectivity index (χ0n) is 6.48. The first kappa shape index (κ1) is 9.60. The first-order valence-corrected chi connectivity index (χ1v) is 3.57. The summed E-state index contributed by atoms with van der Waals surface area (Å²) in [7, 11) is 0. The van der Waals surface area contributed by atoms with Gasteiger partial charge in [-0.15, -0.1) is 0 Å². The van der Waals surface area contributed by atoms with Crippen LogP contribution in [0.2, 0.25) is 0 Å². The van der Waals surface area contributed by atoms with E-state index in [1.165, 1.54) is 13.0 Å². The largest absolute Gasteiger partial charge is 0.248 e. The summed E-state index contributed by atoms with van der Waals surface area (Å²) >= 11 is 0. The molecule has 1 unspecified atom stereocenters. The molecule has 0 saturated heterocycles.